The first-order chi connectivity index (χ1) is 13.5. The van der Waals surface area contributed by atoms with Crippen molar-refractivity contribution in [3.8, 4) is 0 Å². The van der Waals surface area contributed by atoms with E-state index >= 15 is 0 Å². The van der Waals surface area contributed by atoms with E-state index in [9.17, 15) is 18.5 Å². The van der Waals surface area contributed by atoms with Gasteiger partial charge in [-0.2, -0.15) is 4.31 Å². The Balaban J connectivity index is 1.68. The molecular weight excluding hydrogens is 382 g/mol. The number of ether oxygens (including phenoxy) is 1. The van der Waals surface area contributed by atoms with E-state index in [0.29, 0.717) is 32.0 Å². The highest BCUT2D eigenvalue weighted by Crippen LogP contribution is 2.34. The fourth-order valence-corrected chi connectivity index (χ4v) is 5.14. The molecule has 1 saturated heterocycles. The van der Waals surface area contributed by atoms with E-state index in [1.54, 1.807) is 6.07 Å². The maximum atomic E-state index is 12.8. The van der Waals surface area contributed by atoms with Gasteiger partial charge in [0.2, 0.25) is 10.0 Å². The highest BCUT2D eigenvalue weighted by atomic mass is 32.2. The van der Waals surface area contributed by atoms with Crippen LogP contribution in [0.15, 0.2) is 47.4 Å². The molecule has 2 aliphatic rings. The predicted molar refractivity (Wildman–Crippen MR) is 104 cm³/mol. The molecule has 0 unspecified atom stereocenters. The van der Waals surface area contributed by atoms with Crippen molar-refractivity contribution < 1.29 is 18.1 Å². The second-order valence-corrected chi connectivity index (χ2v) is 8.80. The number of nitro groups is 1. The monoisotopic (exact) mass is 403 g/mol. The van der Waals surface area contributed by atoms with Crippen LogP contribution in [0.1, 0.15) is 11.1 Å². The molecule has 148 valence electrons. The molecule has 28 heavy (non-hydrogen) atoms. The van der Waals surface area contributed by atoms with Crippen LogP contribution in [0, 0.1) is 10.1 Å². The van der Waals surface area contributed by atoms with Crippen LogP contribution in [0.2, 0.25) is 0 Å². The zero-order valence-corrected chi connectivity index (χ0v) is 16.1. The Bertz CT molecular complexity index is 1000. The third-order valence-corrected chi connectivity index (χ3v) is 7.12. The normalized spacial score (nSPS) is 17.9. The van der Waals surface area contributed by atoms with Gasteiger partial charge in [0.1, 0.15) is 5.69 Å². The van der Waals surface area contributed by atoms with Gasteiger partial charge in [0.15, 0.2) is 0 Å². The van der Waals surface area contributed by atoms with Gasteiger partial charge in [-0.25, -0.2) is 8.42 Å². The molecule has 8 nitrogen and oxygen atoms in total. The number of rotatable bonds is 4. The van der Waals surface area contributed by atoms with Crippen LogP contribution in [0.25, 0.3) is 0 Å². The molecule has 2 aliphatic heterocycles. The van der Waals surface area contributed by atoms with E-state index in [4.69, 9.17) is 4.74 Å². The van der Waals surface area contributed by atoms with Gasteiger partial charge in [-0.15, -0.1) is 0 Å². The van der Waals surface area contributed by atoms with Crippen molar-refractivity contribution in [1.29, 1.82) is 0 Å². The minimum Gasteiger partial charge on any atom is -0.379 e. The molecule has 0 N–H and O–H groups in total. The average molecular weight is 403 g/mol. The first-order valence-corrected chi connectivity index (χ1v) is 10.6. The summed E-state index contributed by atoms with van der Waals surface area (Å²) in [5.74, 6) is 0. The summed E-state index contributed by atoms with van der Waals surface area (Å²) in [4.78, 5) is 13.1. The van der Waals surface area contributed by atoms with Crippen molar-refractivity contribution in [2.75, 3.05) is 37.7 Å². The van der Waals surface area contributed by atoms with Gasteiger partial charge in [-0.3, -0.25) is 10.1 Å². The molecule has 0 spiro atoms. The van der Waals surface area contributed by atoms with Crippen molar-refractivity contribution in [2.45, 2.75) is 17.9 Å². The van der Waals surface area contributed by atoms with Gasteiger partial charge < -0.3 is 9.64 Å². The van der Waals surface area contributed by atoms with Crippen LogP contribution in [-0.4, -0.2) is 50.5 Å². The number of nitro benzene ring substituents is 1. The Labute approximate surface area is 163 Å². The Kier molecular flexibility index (Phi) is 5.05. The Hall–Kier alpha value is -2.49. The van der Waals surface area contributed by atoms with Crippen LogP contribution in [0.3, 0.4) is 0 Å². The van der Waals surface area contributed by atoms with Crippen molar-refractivity contribution in [1.82, 2.24) is 4.31 Å². The SMILES string of the molecule is O=[N+]([O-])c1cc(S(=O)(=O)N2CCOCC2)ccc1N1CCc2ccccc2C1. The summed E-state index contributed by atoms with van der Waals surface area (Å²) in [5.41, 5.74) is 2.63. The van der Waals surface area contributed by atoms with Crippen molar-refractivity contribution in [3.05, 3.63) is 63.7 Å². The van der Waals surface area contributed by atoms with Crippen LogP contribution in [0.5, 0.6) is 0 Å². The molecule has 0 aliphatic carbocycles. The first-order valence-electron chi connectivity index (χ1n) is 9.15. The Morgan fingerprint density at radius 1 is 1.00 bits per heavy atom. The number of hydrogen-bond donors (Lipinski definition) is 0. The number of anilines is 1. The number of nitrogens with zero attached hydrogens (tertiary/aromatic N) is 3. The molecule has 0 saturated carbocycles. The quantitative estimate of drug-likeness (QED) is 0.574. The largest absolute Gasteiger partial charge is 0.379 e. The van der Waals surface area contributed by atoms with E-state index < -0.39 is 14.9 Å². The molecule has 0 aromatic heterocycles. The summed E-state index contributed by atoms with van der Waals surface area (Å²) in [7, 11) is -3.78. The zero-order valence-electron chi connectivity index (χ0n) is 15.3. The van der Waals surface area contributed by atoms with Crippen molar-refractivity contribution in [3.63, 3.8) is 0 Å². The van der Waals surface area contributed by atoms with E-state index in [0.717, 1.165) is 12.0 Å². The lowest BCUT2D eigenvalue weighted by atomic mass is 9.99. The molecule has 2 aromatic carbocycles. The van der Waals surface area contributed by atoms with Crippen LogP contribution < -0.4 is 4.90 Å². The van der Waals surface area contributed by atoms with Gasteiger partial charge in [0, 0.05) is 32.2 Å². The molecule has 4 rings (SSSR count). The fourth-order valence-electron chi connectivity index (χ4n) is 3.71. The maximum Gasteiger partial charge on any atom is 0.293 e. The standard InChI is InChI=1S/C19H21N3O5S/c23-22(24)19-13-17(28(25,26)21-9-11-27-12-10-21)5-6-18(19)20-8-7-15-3-1-2-4-16(15)14-20/h1-6,13H,7-12,14H2. The summed E-state index contributed by atoms with van der Waals surface area (Å²) in [6.07, 6.45) is 0.793. The average Bonchev–Trinajstić information content (AvgIpc) is 2.73. The summed E-state index contributed by atoms with van der Waals surface area (Å²) >= 11 is 0. The number of fused-ring (bicyclic) bond motifs is 1. The molecule has 1 fully saturated rings. The highest BCUT2D eigenvalue weighted by molar-refractivity contribution is 7.89. The lowest BCUT2D eigenvalue weighted by Gasteiger charge is -2.30. The number of morpholine rings is 1. The Morgan fingerprint density at radius 3 is 2.43 bits per heavy atom. The molecule has 0 amide bonds. The van der Waals surface area contributed by atoms with Gasteiger partial charge in [-0.1, -0.05) is 24.3 Å². The molecule has 0 atom stereocenters. The lowest BCUT2D eigenvalue weighted by molar-refractivity contribution is -0.384. The van der Waals surface area contributed by atoms with E-state index in [1.165, 1.54) is 22.0 Å². The van der Waals surface area contributed by atoms with Crippen LogP contribution >= 0.6 is 0 Å². The maximum absolute atomic E-state index is 12.8. The third-order valence-electron chi connectivity index (χ3n) is 5.22. The molecule has 2 aromatic rings. The van der Waals surface area contributed by atoms with Gasteiger partial charge in [-0.05, 0) is 29.7 Å². The van der Waals surface area contributed by atoms with Gasteiger partial charge in [0.25, 0.3) is 5.69 Å². The Morgan fingerprint density at radius 2 is 1.71 bits per heavy atom. The summed E-state index contributed by atoms with van der Waals surface area (Å²) in [6, 6.07) is 12.2. The van der Waals surface area contributed by atoms with E-state index in [1.807, 2.05) is 23.1 Å². The minimum atomic E-state index is -3.78. The molecular formula is C19H21N3O5S. The molecule has 0 bridgehead atoms. The van der Waals surface area contributed by atoms with Crippen LogP contribution in [-0.2, 0) is 27.7 Å². The molecule has 0 radical (unpaired) electrons. The summed E-state index contributed by atoms with van der Waals surface area (Å²) in [6.45, 7) is 2.36. The highest BCUT2D eigenvalue weighted by Gasteiger charge is 2.30. The zero-order chi connectivity index (χ0) is 19.7. The van der Waals surface area contributed by atoms with E-state index in [-0.39, 0.29) is 23.7 Å². The van der Waals surface area contributed by atoms with E-state index in [2.05, 4.69) is 6.07 Å². The molecule has 2 heterocycles. The van der Waals surface area contributed by atoms with Gasteiger partial charge in [0.05, 0.1) is 23.0 Å². The smallest absolute Gasteiger partial charge is 0.293 e. The second-order valence-electron chi connectivity index (χ2n) is 6.86. The van der Waals surface area contributed by atoms with Crippen molar-refractivity contribution in [2.24, 2.45) is 0 Å². The second kappa shape index (κ2) is 7.50. The summed E-state index contributed by atoms with van der Waals surface area (Å²) in [5, 5.41) is 11.7. The topological polar surface area (TPSA) is 93.0 Å². The first kappa shape index (κ1) is 18.9. The summed E-state index contributed by atoms with van der Waals surface area (Å²) < 4.78 is 32.2. The number of benzene rings is 2. The predicted octanol–water partition coefficient (Wildman–Crippen LogP) is 2.18. The minimum absolute atomic E-state index is 0.0535. The number of hydrogen-bond acceptors (Lipinski definition) is 6. The van der Waals surface area contributed by atoms with Gasteiger partial charge >= 0.3 is 0 Å². The van der Waals surface area contributed by atoms with Crippen LogP contribution in [0.4, 0.5) is 11.4 Å². The van der Waals surface area contributed by atoms with Crippen molar-refractivity contribution >= 4 is 21.4 Å². The lowest BCUT2D eigenvalue weighted by Crippen LogP contribution is -2.40. The molecule has 9 heteroatoms. The fraction of sp³-hybridized carbons (Fsp3) is 0.368. The third kappa shape index (κ3) is 3.48. The number of sulfonamides is 1.